The summed E-state index contributed by atoms with van der Waals surface area (Å²) in [6, 6.07) is -1.12. The molecule has 2 N–H and O–H groups in total. The fourth-order valence-corrected chi connectivity index (χ4v) is 0.669. The Bertz CT molecular complexity index is 168. The predicted octanol–water partition coefficient (Wildman–Crippen LogP) is -1.74. The van der Waals surface area contributed by atoms with Gasteiger partial charge in [-0.3, -0.25) is 4.99 Å². The average molecular weight is 141 g/mol. The van der Waals surface area contributed by atoms with E-state index in [0.29, 0.717) is 12.6 Å². The van der Waals surface area contributed by atoms with E-state index < -0.39 is 12.1 Å². The molecule has 1 heterocycles. The smallest absolute Gasteiger partial charge is 0.146 e. The molecule has 0 fully saturated rings. The molecule has 0 bridgehead atoms. The van der Waals surface area contributed by atoms with Gasteiger partial charge in [0.2, 0.25) is 0 Å². The number of aldehydes is 2. The lowest BCUT2D eigenvalue weighted by atomic mass is 10.2. The highest BCUT2D eigenvalue weighted by atomic mass is 16.1. The summed E-state index contributed by atoms with van der Waals surface area (Å²) in [5, 5.41) is 0. The fraction of sp³-hybridized carbons (Fsp3) is 0.400. The first-order valence-corrected chi connectivity index (χ1v) is 2.82. The molecule has 0 aromatic carbocycles. The first-order chi connectivity index (χ1) is 4.88. The Hall–Kier alpha value is -1.23. The Morgan fingerprint density at radius 2 is 2.20 bits per heavy atom. The number of carbonyl (C=O) groups excluding carboxylic acids is 2. The van der Waals surface area contributed by atoms with Crippen molar-refractivity contribution in [1.29, 1.82) is 0 Å². The number of nitrogens with zero attached hydrogens (tertiary/aromatic N) is 1. The average Bonchev–Trinajstić information content (AvgIpc) is 2.04. The summed E-state index contributed by atoms with van der Waals surface area (Å²) in [5.74, 6) is 0. The molecule has 0 radical (unpaired) electrons. The van der Waals surface area contributed by atoms with Gasteiger partial charge in [-0.2, -0.15) is 0 Å². The maximum absolute atomic E-state index is 10.2. The zero-order chi connectivity index (χ0) is 7.40. The highest BCUT2D eigenvalue weighted by Crippen LogP contribution is 1.93. The third-order valence-corrected chi connectivity index (χ3v) is 1.22. The lowest BCUT2D eigenvalue weighted by Gasteiger charge is -2.19. The van der Waals surface area contributed by atoms with Crippen LogP contribution in [0, 0.1) is 0 Å². The number of hydrogen-bond acceptors (Lipinski definition) is 5. The molecule has 54 valence electrons. The van der Waals surface area contributed by atoms with E-state index in [9.17, 15) is 9.59 Å². The van der Waals surface area contributed by atoms with Gasteiger partial charge in [0.15, 0.2) is 0 Å². The molecular formula is C5H7N3O2. The molecule has 0 spiro atoms. The maximum atomic E-state index is 10.2. The van der Waals surface area contributed by atoms with E-state index in [2.05, 4.69) is 15.8 Å². The van der Waals surface area contributed by atoms with Crippen molar-refractivity contribution in [2.75, 3.05) is 0 Å². The number of nitrogens with one attached hydrogen (secondary N) is 2. The topological polar surface area (TPSA) is 70.6 Å². The molecule has 1 aliphatic heterocycles. The monoisotopic (exact) mass is 141 g/mol. The van der Waals surface area contributed by atoms with E-state index in [4.69, 9.17) is 0 Å². The Morgan fingerprint density at radius 3 is 2.70 bits per heavy atom. The first kappa shape index (κ1) is 6.88. The highest BCUT2D eigenvalue weighted by Gasteiger charge is 2.20. The van der Waals surface area contributed by atoms with Crippen LogP contribution in [-0.4, -0.2) is 31.0 Å². The molecule has 1 rings (SSSR count). The zero-order valence-electron chi connectivity index (χ0n) is 5.15. The van der Waals surface area contributed by atoms with Crippen molar-refractivity contribution in [3.8, 4) is 0 Å². The molecule has 2 atom stereocenters. The minimum Gasteiger partial charge on any atom is -0.311 e. The molecule has 5 nitrogen and oxygen atoms in total. The lowest BCUT2D eigenvalue weighted by molar-refractivity contribution is -0.115. The highest BCUT2D eigenvalue weighted by molar-refractivity contribution is 5.75. The molecule has 0 aliphatic carbocycles. The Morgan fingerprint density at radius 1 is 1.40 bits per heavy atom. The second-order valence-electron chi connectivity index (χ2n) is 1.86. The number of rotatable bonds is 2. The summed E-state index contributed by atoms with van der Waals surface area (Å²) in [4.78, 5) is 24.1. The van der Waals surface area contributed by atoms with Crippen LogP contribution >= 0.6 is 0 Å². The molecule has 2 unspecified atom stereocenters. The van der Waals surface area contributed by atoms with Crippen LogP contribution in [0.4, 0.5) is 0 Å². The molecule has 5 heteroatoms. The first-order valence-electron chi connectivity index (χ1n) is 2.82. The van der Waals surface area contributed by atoms with Crippen molar-refractivity contribution < 1.29 is 9.59 Å². The SMILES string of the molecule is O=CC1N=CNNC1C=O. The predicted molar refractivity (Wildman–Crippen MR) is 34.5 cm³/mol. The number of carbonyl (C=O) groups is 2. The van der Waals surface area contributed by atoms with Gasteiger partial charge < -0.3 is 15.0 Å². The van der Waals surface area contributed by atoms with E-state index in [1.165, 1.54) is 6.34 Å². The molecule has 0 aromatic heterocycles. The van der Waals surface area contributed by atoms with Crippen LogP contribution in [0.2, 0.25) is 0 Å². The quantitative estimate of drug-likeness (QED) is 0.448. The van der Waals surface area contributed by atoms with Crippen molar-refractivity contribution in [2.45, 2.75) is 12.1 Å². The van der Waals surface area contributed by atoms with E-state index in [1.807, 2.05) is 0 Å². The number of hydrogen-bond donors (Lipinski definition) is 2. The van der Waals surface area contributed by atoms with Crippen molar-refractivity contribution >= 4 is 18.9 Å². The van der Waals surface area contributed by atoms with Crippen LogP contribution in [0.15, 0.2) is 4.99 Å². The Labute approximate surface area is 57.5 Å². The van der Waals surface area contributed by atoms with Gasteiger partial charge in [-0.05, 0) is 0 Å². The van der Waals surface area contributed by atoms with Crippen molar-refractivity contribution in [1.82, 2.24) is 10.9 Å². The Kier molecular flexibility index (Phi) is 2.11. The standard InChI is InChI=1S/C5H7N3O2/c9-1-4-5(2-10)8-7-3-6-4/h1-5,8H,(H,6,7). The van der Waals surface area contributed by atoms with E-state index in [-0.39, 0.29) is 0 Å². The summed E-state index contributed by atoms with van der Waals surface area (Å²) in [5.41, 5.74) is 5.09. The van der Waals surface area contributed by atoms with Gasteiger partial charge in [0.05, 0.1) is 6.34 Å². The normalized spacial score (nSPS) is 30.8. The van der Waals surface area contributed by atoms with Crippen LogP contribution in [0.3, 0.4) is 0 Å². The van der Waals surface area contributed by atoms with Crippen LogP contribution in [0.1, 0.15) is 0 Å². The zero-order valence-corrected chi connectivity index (χ0v) is 5.15. The summed E-state index contributed by atoms with van der Waals surface area (Å²) < 4.78 is 0. The van der Waals surface area contributed by atoms with Crippen molar-refractivity contribution in [3.63, 3.8) is 0 Å². The van der Waals surface area contributed by atoms with Gasteiger partial charge >= 0.3 is 0 Å². The summed E-state index contributed by atoms with van der Waals surface area (Å²) in [6.07, 6.45) is 2.62. The second kappa shape index (κ2) is 3.07. The van der Waals surface area contributed by atoms with Gasteiger partial charge in [0, 0.05) is 0 Å². The molecule has 0 saturated carbocycles. The van der Waals surface area contributed by atoms with Crippen molar-refractivity contribution in [3.05, 3.63) is 0 Å². The van der Waals surface area contributed by atoms with Gasteiger partial charge in [-0.1, -0.05) is 0 Å². The maximum Gasteiger partial charge on any atom is 0.146 e. The number of hydrazine groups is 1. The summed E-state index contributed by atoms with van der Waals surface area (Å²) in [7, 11) is 0. The minimum atomic E-state index is -0.584. The van der Waals surface area contributed by atoms with Gasteiger partial charge in [0.25, 0.3) is 0 Å². The van der Waals surface area contributed by atoms with Crippen molar-refractivity contribution in [2.24, 2.45) is 4.99 Å². The molecule has 0 amide bonds. The molecule has 10 heavy (non-hydrogen) atoms. The van der Waals surface area contributed by atoms with Crippen LogP contribution in [0.25, 0.3) is 0 Å². The third kappa shape index (κ3) is 1.19. The van der Waals surface area contributed by atoms with E-state index in [1.54, 1.807) is 0 Å². The van der Waals surface area contributed by atoms with E-state index in [0.717, 1.165) is 0 Å². The summed E-state index contributed by atoms with van der Waals surface area (Å²) >= 11 is 0. The largest absolute Gasteiger partial charge is 0.311 e. The lowest BCUT2D eigenvalue weighted by Crippen LogP contribution is -2.51. The van der Waals surface area contributed by atoms with Gasteiger partial charge in [0.1, 0.15) is 24.7 Å². The summed E-state index contributed by atoms with van der Waals surface area (Å²) in [6.45, 7) is 0. The second-order valence-corrected chi connectivity index (χ2v) is 1.86. The molecule has 0 aromatic rings. The molecule has 1 aliphatic rings. The fourth-order valence-electron chi connectivity index (χ4n) is 0.669. The molecule has 0 saturated heterocycles. The Balaban J connectivity index is 2.64. The van der Waals surface area contributed by atoms with E-state index >= 15 is 0 Å². The number of aliphatic imine (C=N–C) groups is 1. The molecular weight excluding hydrogens is 134 g/mol. The van der Waals surface area contributed by atoms with Crippen LogP contribution in [0.5, 0.6) is 0 Å². The third-order valence-electron chi connectivity index (χ3n) is 1.22. The van der Waals surface area contributed by atoms with Crippen LogP contribution < -0.4 is 10.9 Å². The van der Waals surface area contributed by atoms with Gasteiger partial charge in [-0.25, -0.2) is 5.43 Å². The minimum absolute atomic E-state index is 0.539. The van der Waals surface area contributed by atoms with Gasteiger partial charge in [-0.15, -0.1) is 0 Å². The van der Waals surface area contributed by atoms with Crippen LogP contribution in [-0.2, 0) is 9.59 Å².